The minimum atomic E-state index is -0.866. The summed E-state index contributed by atoms with van der Waals surface area (Å²) >= 11 is 0. The van der Waals surface area contributed by atoms with Crippen LogP contribution in [0.25, 0.3) is 0 Å². The summed E-state index contributed by atoms with van der Waals surface area (Å²) in [6, 6.07) is 1.82. The van der Waals surface area contributed by atoms with E-state index in [1.807, 2.05) is 0 Å². The van der Waals surface area contributed by atoms with Crippen molar-refractivity contribution in [3.05, 3.63) is 33.6 Å². The molecule has 0 atom stereocenters. The average molecular weight is 254 g/mol. The first-order valence-corrected chi connectivity index (χ1v) is 5.90. The van der Waals surface area contributed by atoms with Gasteiger partial charge in [0.2, 0.25) is 0 Å². The first-order valence-electron chi connectivity index (χ1n) is 5.90. The SMILES string of the molecule is NC1(c2cc(F)cc([N+](=O)[O-])c2O)CCCCC1. The molecule has 1 aliphatic rings. The van der Waals surface area contributed by atoms with Gasteiger partial charge in [-0.1, -0.05) is 19.3 Å². The van der Waals surface area contributed by atoms with Crippen LogP contribution in [0.1, 0.15) is 37.7 Å². The van der Waals surface area contributed by atoms with E-state index in [-0.39, 0.29) is 5.56 Å². The fourth-order valence-corrected chi connectivity index (χ4v) is 2.56. The van der Waals surface area contributed by atoms with Crippen molar-refractivity contribution in [1.29, 1.82) is 0 Å². The van der Waals surface area contributed by atoms with Gasteiger partial charge in [-0.05, 0) is 18.9 Å². The number of aromatic hydroxyl groups is 1. The Morgan fingerprint density at radius 1 is 1.33 bits per heavy atom. The predicted molar refractivity (Wildman–Crippen MR) is 63.7 cm³/mol. The molecule has 2 rings (SSSR count). The largest absolute Gasteiger partial charge is 0.502 e. The van der Waals surface area contributed by atoms with Crippen LogP contribution in [0.5, 0.6) is 5.75 Å². The van der Waals surface area contributed by atoms with E-state index in [0.29, 0.717) is 18.9 Å². The molecular formula is C12H15FN2O3. The summed E-state index contributed by atoms with van der Waals surface area (Å²) in [7, 11) is 0. The molecule has 6 heteroatoms. The molecule has 0 aromatic heterocycles. The van der Waals surface area contributed by atoms with Crippen molar-refractivity contribution in [3.8, 4) is 5.75 Å². The van der Waals surface area contributed by atoms with Crippen LogP contribution < -0.4 is 5.73 Å². The van der Waals surface area contributed by atoms with Crippen LogP contribution in [-0.4, -0.2) is 10.0 Å². The van der Waals surface area contributed by atoms with Gasteiger partial charge in [-0.25, -0.2) is 4.39 Å². The summed E-state index contributed by atoms with van der Waals surface area (Å²) in [5.74, 6) is -1.25. The van der Waals surface area contributed by atoms with Crippen molar-refractivity contribution < 1.29 is 14.4 Å². The first kappa shape index (κ1) is 12.8. The van der Waals surface area contributed by atoms with Crippen LogP contribution in [0.15, 0.2) is 12.1 Å². The fourth-order valence-electron chi connectivity index (χ4n) is 2.56. The van der Waals surface area contributed by atoms with Crippen molar-refractivity contribution in [1.82, 2.24) is 0 Å². The number of hydrogen-bond acceptors (Lipinski definition) is 4. The van der Waals surface area contributed by atoms with Gasteiger partial charge in [0.05, 0.1) is 11.0 Å². The Balaban J connectivity index is 2.53. The van der Waals surface area contributed by atoms with Gasteiger partial charge in [0.25, 0.3) is 0 Å². The molecule has 0 amide bonds. The van der Waals surface area contributed by atoms with Crippen LogP contribution in [-0.2, 0) is 5.54 Å². The standard InChI is InChI=1S/C12H15FN2O3/c13-8-6-9(11(16)10(7-8)15(17)18)12(14)4-2-1-3-5-12/h6-7,16H,1-5,14H2. The zero-order valence-electron chi connectivity index (χ0n) is 9.86. The highest BCUT2D eigenvalue weighted by Gasteiger charge is 2.35. The molecule has 1 saturated carbocycles. The predicted octanol–water partition coefficient (Wildman–Crippen LogP) is 2.56. The van der Waals surface area contributed by atoms with Gasteiger partial charge in [0, 0.05) is 11.1 Å². The Kier molecular flexibility index (Phi) is 3.21. The number of phenols is 1. The highest BCUT2D eigenvalue weighted by molar-refractivity contribution is 5.53. The Morgan fingerprint density at radius 2 is 1.94 bits per heavy atom. The maximum Gasteiger partial charge on any atom is 0.313 e. The van der Waals surface area contributed by atoms with E-state index in [0.717, 1.165) is 25.3 Å². The molecule has 0 saturated heterocycles. The first-order chi connectivity index (χ1) is 8.44. The van der Waals surface area contributed by atoms with E-state index < -0.39 is 27.7 Å². The van der Waals surface area contributed by atoms with Crippen LogP contribution >= 0.6 is 0 Å². The molecule has 0 heterocycles. The third kappa shape index (κ3) is 2.15. The second-order valence-electron chi connectivity index (χ2n) is 4.79. The lowest BCUT2D eigenvalue weighted by Crippen LogP contribution is -2.38. The molecule has 0 aliphatic heterocycles. The lowest BCUT2D eigenvalue weighted by molar-refractivity contribution is -0.386. The second kappa shape index (κ2) is 4.53. The molecule has 0 spiro atoms. The van der Waals surface area contributed by atoms with E-state index in [1.54, 1.807) is 0 Å². The summed E-state index contributed by atoms with van der Waals surface area (Å²) < 4.78 is 13.4. The minimum Gasteiger partial charge on any atom is -0.502 e. The van der Waals surface area contributed by atoms with Crippen molar-refractivity contribution in [2.75, 3.05) is 0 Å². The van der Waals surface area contributed by atoms with E-state index in [1.165, 1.54) is 0 Å². The molecule has 0 radical (unpaired) electrons. The quantitative estimate of drug-likeness (QED) is 0.627. The topological polar surface area (TPSA) is 89.4 Å². The van der Waals surface area contributed by atoms with Crippen LogP contribution in [0.3, 0.4) is 0 Å². The molecule has 1 fully saturated rings. The van der Waals surface area contributed by atoms with Crippen molar-refractivity contribution >= 4 is 5.69 Å². The zero-order valence-corrected chi connectivity index (χ0v) is 9.86. The molecule has 5 nitrogen and oxygen atoms in total. The number of hydrogen-bond donors (Lipinski definition) is 2. The van der Waals surface area contributed by atoms with Crippen LogP contribution in [0.2, 0.25) is 0 Å². The number of rotatable bonds is 2. The Hall–Kier alpha value is -1.69. The molecule has 1 aromatic rings. The fraction of sp³-hybridized carbons (Fsp3) is 0.500. The number of phenolic OH excluding ortho intramolecular Hbond substituents is 1. The zero-order chi connectivity index (χ0) is 13.3. The van der Waals surface area contributed by atoms with Gasteiger partial charge in [0.1, 0.15) is 5.82 Å². The number of nitro benzene ring substituents is 1. The van der Waals surface area contributed by atoms with Gasteiger partial charge < -0.3 is 10.8 Å². The van der Waals surface area contributed by atoms with Crippen molar-refractivity contribution in [2.45, 2.75) is 37.6 Å². The molecule has 1 aliphatic carbocycles. The third-order valence-electron chi connectivity index (χ3n) is 3.53. The summed E-state index contributed by atoms with van der Waals surface area (Å²) in [4.78, 5) is 9.95. The number of nitro groups is 1. The van der Waals surface area contributed by atoms with Crippen molar-refractivity contribution in [3.63, 3.8) is 0 Å². The highest BCUT2D eigenvalue weighted by atomic mass is 19.1. The lowest BCUT2D eigenvalue weighted by atomic mass is 9.77. The van der Waals surface area contributed by atoms with E-state index >= 15 is 0 Å². The third-order valence-corrected chi connectivity index (χ3v) is 3.53. The van der Waals surface area contributed by atoms with Gasteiger partial charge >= 0.3 is 5.69 Å². The number of nitrogens with two attached hydrogens (primary N) is 1. The van der Waals surface area contributed by atoms with Gasteiger partial charge in [-0.15, -0.1) is 0 Å². The Labute approximate surface area is 104 Å². The lowest BCUT2D eigenvalue weighted by Gasteiger charge is -2.34. The van der Waals surface area contributed by atoms with E-state index in [9.17, 15) is 19.6 Å². The monoisotopic (exact) mass is 254 g/mol. The van der Waals surface area contributed by atoms with Crippen molar-refractivity contribution in [2.24, 2.45) is 5.73 Å². The van der Waals surface area contributed by atoms with E-state index in [4.69, 9.17) is 5.73 Å². The average Bonchev–Trinajstić information content (AvgIpc) is 2.32. The number of benzene rings is 1. The summed E-state index contributed by atoms with van der Waals surface area (Å²) in [5.41, 5.74) is 4.83. The molecular weight excluding hydrogens is 239 g/mol. The Bertz CT molecular complexity index is 484. The maximum atomic E-state index is 13.4. The van der Waals surface area contributed by atoms with Gasteiger partial charge in [0.15, 0.2) is 5.75 Å². The molecule has 0 unspecified atom stereocenters. The molecule has 1 aromatic carbocycles. The molecule has 18 heavy (non-hydrogen) atoms. The minimum absolute atomic E-state index is 0.147. The second-order valence-corrected chi connectivity index (χ2v) is 4.79. The van der Waals surface area contributed by atoms with Gasteiger partial charge in [-0.2, -0.15) is 0 Å². The number of nitrogens with zero attached hydrogens (tertiary/aromatic N) is 1. The summed E-state index contributed by atoms with van der Waals surface area (Å²) in [6.45, 7) is 0. The normalized spacial score (nSPS) is 18.6. The smallest absolute Gasteiger partial charge is 0.313 e. The molecule has 0 bridgehead atoms. The van der Waals surface area contributed by atoms with Gasteiger partial charge in [-0.3, -0.25) is 10.1 Å². The Morgan fingerprint density at radius 3 is 2.50 bits per heavy atom. The maximum absolute atomic E-state index is 13.4. The molecule has 98 valence electrons. The van der Waals surface area contributed by atoms with E-state index in [2.05, 4.69) is 0 Å². The number of halogens is 1. The van der Waals surface area contributed by atoms with Crippen LogP contribution in [0, 0.1) is 15.9 Å². The van der Waals surface area contributed by atoms with Crippen LogP contribution in [0.4, 0.5) is 10.1 Å². The highest BCUT2D eigenvalue weighted by Crippen LogP contribution is 2.42. The summed E-state index contributed by atoms with van der Waals surface area (Å²) in [5, 5.41) is 20.7. The molecule has 3 N–H and O–H groups in total. The summed E-state index contributed by atoms with van der Waals surface area (Å²) in [6.07, 6.45) is 3.99.